The normalized spacial score (nSPS) is 21.7. The number of amides is 2. The van der Waals surface area contributed by atoms with Gasteiger partial charge in [0.05, 0.1) is 16.6 Å². The fourth-order valence-corrected chi connectivity index (χ4v) is 4.15. The SMILES string of the molecule is O=C(c1c(F)cccc1Cl)N1CCCN(C(=O)C2CSCN2)CC1. The first-order valence-electron chi connectivity index (χ1n) is 7.91. The zero-order valence-electron chi connectivity index (χ0n) is 13.1. The Labute approximate surface area is 149 Å². The van der Waals surface area contributed by atoms with E-state index in [9.17, 15) is 14.0 Å². The van der Waals surface area contributed by atoms with Gasteiger partial charge in [-0.05, 0) is 18.6 Å². The highest BCUT2D eigenvalue weighted by Gasteiger charge is 2.30. The molecular weight excluding hydrogens is 353 g/mol. The van der Waals surface area contributed by atoms with Crippen molar-refractivity contribution in [2.24, 2.45) is 0 Å². The molecule has 0 aromatic heterocycles. The van der Waals surface area contributed by atoms with Crippen molar-refractivity contribution < 1.29 is 14.0 Å². The van der Waals surface area contributed by atoms with E-state index in [0.29, 0.717) is 32.6 Å². The van der Waals surface area contributed by atoms with Crippen LogP contribution in [0.3, 0.4) is 0 Å². The summed E-state index contributed by atoms with van der Waals surface area (Å²) in [5, 5.41) is 3.29. The van der Waals surface area contributed by atoms with Crippen molar-refractivity contribution in [1.82, 2.24) is 15.1 Å². The van der Waals surface area contributed by atoms with Crippen molar-refractivity contribution in [3.8, 4) is 0 Å². The van der Waals surface area contributed by atoms with Crippen LogP contribution >= 0.6 is 23.4 Å². The molecule has 0 spiro atoms. The zero-order chi connectivity index (χ0) is 17.1. The Hall–Kier alpha value is -1.31. The van der Waals surface area contributed by atoms with Crippen molar-refractivity contribution in [2.75, 3.05) is 37.8 Å². The van der Waals surface area contributed by atoms with E-state index in [4.69, 9.17) is 11.6 Å². The number of benzene rings is 1. The Morgan fingerprint density at radius 3 is 2.67 bits per heavy atom. The number of nitrogens with zero attached hydrogens (tertiary/aromatic N) is 2. The summed E-state index contributed by atoms with van der Waals surface area (Å²) in [5.41, 5.74) is -0.0900. The van der Waals surface area contributed by atoms with Crippen molar-refractivity contribution in [3.05, 3.63) is 34.6 Å². The summed E-state index contributed by atoms with van der Waals surface area (Å²) in [6, 6.07) is 4.08. The van der Waals surface area contributed by atoms with Crippen molar-refractivity contribution >= 4 is 35.2 Å². The van der Waals surface area contributed by atoms with Gasteiger partial charge in [0.25, 0.3) is 5.91 Å². The lowest BCUT2D eigenvalue weighted by Crippen LogP contribution is -2.46. The lowest BCUT2D eigenvalue weighted by atomic mass is 10.1. The monoisotopic (exact) mass is 371 g/mol. The topological polar surface area (TPSA) is 52.7 Å². The van der Waals surface area contributed by atoms with Gasteiger partial charge in [0.15, 0.2) is 0 Å². The maximum absolute atomic E-state index is 14.0. The average molecular weight is 372 g/mol. The average Bonchev–Trinajstić information content (AvgIpc) is 2.98. The van der Waals surface area contributed by atoms with Gasteiger partial charge < -0.3 is 9.80 Å². The van der Waals surface area contributed by atoms with Crippen LogP contribution in [0.15, 0.2) is 18.2 Å². The molecule has 1 aromatic rings. The highest BCUT2D eigenvalue weighted by atomic mass is 35.5. The van der Waals surface area contributed by atoms with Crippen molar-refractivity contribution in [3.63, 3.8) is 0 Å². The summed E-state index contributed by atoms with van der Waals surface area (Å²) < 4.78 is 14.0. The lowest BCUT2D eigenvalue weighted by molar-refractivity contribution is -0.132. The fourth-order valence-electron chi connectivity index (χ4n) is 2.98. The third-order valence-corrected chi connectivity index (χ3v) is 5.54. The summed E-state index contributed by atoms with van der Waals surface area (Å²) in [5.74, 6) is 0.626. The van der Waals surface area contributed by atoms with Gasteiger partial charge in [-0.15, -0.1) is 11.8 Å². The molecule has 3 rings (SSSR count). The van der Waals surface area contributed by atoms with Crippen LogP contribution in [0.4, 0.5) is 4.39 Å². The molecule has 2 aliphatic rings. The molecule has 1 atom stereocenters. The van der Waals surface area contributed by atoms with Crippen LogP contribution in [0.1, 0.15) is 16.8 Å². The number of halogens is 2. The third-order valence-electron chi connectivity index (χ3n) is 4.29. The van der Waals surface area contributed by atoms with Gasteiger partial charge in [-0.25, -0.2) is 4.39 Å². The molecule has 130 valence electrons. The molecule has 0 bridgehead atoms. The van der Waals surface area contributed by atoms with Gasteiger partial charge in [0.2, 0.25) is 5.91 Å². The quantitative estimate of drug-likeness (QED) is 0.861. The highest BCUT2D eigenvalue weighted by molar-refractivity contribution is 7.99. The maximum Gasteiger partial charge on any atom is 0.258 e. The number of carbonyl (C=O) groups is 2. The standard InChI is InChI=1S/C16H19ClFN3O2S/c17-11-3-1-4-12(18)14(11)16(23)21-6-2-5-20(7-8-21)15(22)13-9-24-10-19-13/h1,3-4,13,19H,2,5-10H2. The van der Waals surface area contributed by atoms with Gasteiger partial charge >= 0.3 is 0 Å². The molecule has 5 nitrogen and oxygen atoms in total. The fraction of sp³-hybridized carbons (Fsp3) is 0.500. The van der Waals surface area contributed by atoms with Crippen LogP contribution in [0.25, 0.3) is 0 Å². The highest BCUT2D eigenvalue weighted by Crippen LogP contribution is 2.22. The maximum atomic E-state index is 14.0. The van der Waals surface area contributed by atoms with Crippen LogP contribution in [0.5, 0.6) is 0 Å². The van der Waals surface area contributed by atoms with Crippen LogP contribution < -0.4 is 5.32 Å². The molecular formula is C16H19ClFN3O2S. The lowest BCUT2D eigenvalue weighted by Gasteiger charge is -2.24. The summed E-state index contributed by atoms with van der Waals surface area (Å²) in [6.07, 6.45) is 0.670. The van der Waals surface area contributed by atoms with Crippen molar-refractivity contribution in [1.29, 1.82) is 0 Å². The van der Waals surface area contributed by atoms with E-state index in [1.807, 2.05) is 0 Å². The van der Waals surface area contributed by atoms with Crippen LogP contribution in [-0.2, 0) is 4.79 Å². The minimum Gasteiger partial charge on any atom is -0.339 e. The second-order valence-electron chi connectivity index (χ2n) is 5.84. The first kappa shape index (κ1) is 17.5. The van der Waals surface area contributed by atoms with E-state index in [2.05, 4.69) is 5.32 Å². The number of rotatable bonds is 2. The van der Waals surface area contributed by atoms with Gasteiger partial charge in [-0.3, -0.25) is 14.9 Å². The van der Waals surface area contributed by atoms with Gasteiger partial charge in [0, 0.05) is 37.8 Å². The first-order chi connectivity index (χ1) is 11.6. The van der Waals surface area contributed by atoms with E-state index >= 15 is 0 Å². The molecule has 0 saturated carbocycles. The van der Waals surface area contributed by atoms with E-state index in [-0.39, 0.29) is 22.5 Å². The summed E-state index contributed by atoms with van der Waals surface area (Å²) in [6.45, 7) is 1.94. The Kier molecular flexibility index (Phi) is 5.63. The number of hydrogen-bond donors (Lipinski definition) is 1. The molecule has 2 amide bonds. The Morgan fingerprint density at radius 1 is 1.21 bits per heavy atom. The van der Waals surface area contributed by atoms with Gasteiger partial charge in [0.1, 0.15) is 5.82 Å². The third kappa shape index (κ3) is 3.68. The molecule has 2 fully saturated rings. The molecule has 0 radical (unpaired) electrons. The molecule has 1 unspecified atom stereocenters. The number of hydrogen-bond acceptors (Lipinski definition) is 4. The number of thioether (sulfide) groups is 1. The molecule has 0 aliphatic carbocycles. The Balaban J connectivity index is 1.67. The summed E-state index contributed by atoms with van der Waals surface area (Å²) in [7, 11) is 0. The van der Waals surface area contributed by atoms with E-state index < -0.39 is 11.7 Å². The minimum absolute atomic E-state index is 0.0817. The van der Waals surface area contributed by atoms with Gasteiger partial charge in [-0.2, -0.15) is 0 Å². The molecule has 2 heterocycles. The first-order valence-corrected chi connectivity index (χ1v) is 9.44. The second kappa shape index (κ2) is 7.72. The van der Waals surface area contributed by atoms with Crippen LogP contribution in [-0.4, -0.2) is 65.5 Å². The Morgan fingerprint density at radius 2 is 1.96 bits per heavy atom. The molecule has 1 N–H and O–H groups in total. The molecule has 24 heavy (non-hydrogen) atoms. The largest absolute Gasteiger partial charge is 0.339 e. The summed E-state index contributed by atoms with van der Waals surface area (Å²) >= 11 is 7.69. The minimum atomic E-state index is -0.614. The molecule has 2 saturated heterocycles. The van der Waals surface area contributed by atoms with E-state index in [1.54, 1.807) is 21.6 Å². The predicted octanol–water partition coefficient (Wildman–Crippen LogP) is 1.82. The van der Waals surface area contributed by atoms with E-state index in [1.165, 1.54) is 18.2 Å². The molecule has 1 aromatic carbocycles. The van der Waals surface area contributed by atoms with E-state index in [0.717, 1.165) is 11.6 Å². The summed E-state index contributed by atoms with van der Waals surface area (Å²) in [4.78, 5) is 28.5. The Bertz CT molecular complexity index is 619. The number of nitrogens with one attached hydrogen (secondary N) is 1. The molecule has 8 heteroatoms. The van der Waals surface area contributed by atoms with Gasteiger partial charge in [-0.1, -0.05) is 17.7 Å². The smallest absolute Gasteiger partial charge is 0.258 e. The predicted molar refractivity (Wildman–Crippen MR) is 92.8 cm³/mol. The van der Waals surface area contributed by atoms with Crippen LogP contribution in [0.2, 0.25) is 5.02 Å². The van der Waals surface area contributed by atoms with Crippen LogP contribution in [0, 0.1) is 5.82 Å². The zero-order valence-corrected chi connectivity index (χ0v) is 14.7. The van der Waals surface area contributed by atoms with Crippen molar-refractivity contribution in [2.45, 2.75) is 12.5 Å². The second-order valence-corrected chi connectivity index (χ2v) is 7.28. The molecule has 2 aliphatic heterocycles. The number of carbonyl (C=O) groups excluding carboxylic acids is 2.